The van der Waals surface area contributed by atoms with E-state index in [2.05, 4.69) is 36.3 Å². The minimum Gasteiger partial charge on any atom is -0.339 e. The molecule has 0 atom stereocenters. The molecule has 0 unspecified atom stereocenters. The summed E-state index contributed by atoms with van der Waals surface area (Å²) in [6.45, 7) is 5.47. The lowest BCUT2D eigenvalue weighted by molar-refractivity contribution is 0.588. The minimum absolute atomic E-state index is 0.133. The molecule has 3 rings (SSSR count). The van der Waals surface area contributed by atoms with Crippen LogP contribution in [-0.2, 0) is 11.6 Å². The summed E-state index contributed by atoms with van der Waals surface area (Å²) in [5.41, 5.74) is 3.53. The van der Waals surface area contributed by atoms with Crippen LogP contribution in [0.15, 0.2) is 34.9 Å². The van der Waals surface area contributed by atoms with E-state index >= 15 is 0 Å². The fraction of sp³-hybridized carbons (Fsp3) is 0.235. The second-order valence-corrected chi connectivity index (χ2v) is 10.7. The van der Waals surface area contributed by atoms with Crippen LogP contribution >= 0.6 is 34.7 Å². The number of benzene rings is 1. The van der Waals surface area contributed by atoms with Crippen LogP contribution in [0.25, 0.3) is 11.3 Å². The van der Waals surface area contributed by atoms with Gasteiger partial charge in [0.2, 0.25) is 5.28 Å². The van der Waals surface area contributed by atoms with Crippen molar-refractivity contribution in [2.75, 3.05) is 18.6 Å². The number of anilines is 2. The van der Waals surface area contributed by atoms with Crippen molar-refractivity contribution in [1.82, 2.24) is 19.7 Å². The van der Waals surface area contributed by atoms with Crippen molar-refractivity contribution in [3.8, 4) is 11.3 Å². The first kappa shape index (κ1) is 19.1. The first-order valence-electron chi connectivity index (χ1n) is 7.81. The third-order valence-electron chi connectivity index (χ3n) is 3.96. The van der Waals surface area contributed by atoms with E-state index in [9.17, 15) is 4.57 Å². The zero-order valence-electron chi connectivity index (χ0n) is 14.8. The summed E-state index contributed by atoms with van der Waals surface area (Å²) >= 11 is 9.28. The van der Waals surface area contributed by atoms with Gasteiger partial charge in [-0.05, 0) is 66.0 Å². The van der Waals surface area contributed by atoms with Crippen LogP contribution in [0.2, 0.25) is 5.28 Å². The molecule has 2 aromatic heterocycles. The maximum Gasteiger partial charge on any atom is 0.224 e. The van der Waals surface area contributed by atoms with E-state index in [0.717, 1.165) is 22.3 Å². The van der Waals surface area contributed by atoms with Gasteiger partial charge in [0.1, 0.15) is 13.0 Å². The van der Waals surface area contributed by atoms with E-state index in [1.807, 2.05) is 42.9 Å². The molecule has 1 aromatic carbocycles. The van der Waals surface area contributed by atoms with Crippen LogP contribution in [0.1, 0.15) is 5.69 Å². The highest BCUT2D eigenvalue weighted by atomic mass is 79.9. The van der Waals surface area contributed by atoms with E-state index in [0.29, 0.717) is 16.0 Å². The molecule has 0 aliphatic rings. The fourth-order valence-electron chi connectivity index (χ4n) is 2.50. The summed E-state index contributed by atoms with van der Waals surface area (Å²) in [6, 6.07) is 7.75. The topological polar surface area (TPSA) is 72.7 Å². The Bertz CT molecular complexity index is 1010. The number of aromatic nitrogens is 4. The predicted molar refractivity (Wildman–Crippen MR) is 110 cm³/mol. The fourth-order valence-corrected chi connectivity index (χ4v) is 4.09. The van der Waals surface area contributed by atoms with Gasteiger partial charge in [0, 0.05) is 29.8 Å². The summed E-state index contributed by atoms with van der Waals surface area (Å²) in [6.07, 6.45) is 1.57. The number of aryl methyl sites for hydroxylation is 2. The van der Waals surface area contributed by atoms with Crippen LogP contribution in [0.3, 0.4) is 0 Å². The Morgan fingerprint density at radius 2 is 2.00 bits per heavy atom. The second-order valence-electron chi connectivity index (χ2n) is 6.34. The molecule has 0 aliphatic heterocycles. The number of hydrogen-bond acceptors (Lipinski definition) is 5. The molecule has 9 heteroatoms. The smallest absolute Gasteiger partial charge is 0.224 e. The summed E-state index contributed by atoms with van der Waals surface area (Å²) < 4.78 is 15.4. The average molecular weight is 455 g/mol. The van der Waals surface area contributed by atoms with Crippen molar-refractivity contribution in [3.05, 3.63) is 45.9 Å². The average Bonchev–Trinajstić information content (AvgIpc) is 2.89. The van der Waals surface area contributed by atoms with Crippen molar-refractivity contribution in [1.29, 1.82) is 0 Å². The SMILES string of the molecule is Cc1cc(-c2ccc(Nc3nc(Cl)ncc3Br)c(P(C)(C)=O)c2)nn1C. The second kappa shape index (κ2) is 7.14. The van der Waals surface area contributed by atoms with Crippen LogP contribution in [0.5, 0.6) is 0 Å². The molecular weight excluding hydrogens is 437 g/mol. The molecule has 0 saturated carbocycles. The molecule has 0 amide bonds. The Hall–Kier alpha value is -1.69. The van der Waals surface area contributed by atoms with Crippen LogP contribution in [-0.4, -0.2) is 33.1 Å². The zero-order valence-corrected chi connectivity index (χ0v) is 18.0. The van der Waals surface area contributed by atoms with E-state index in [4.69, 9.17) is 11.6 Å². The van der Waals surface area contributed by atoms with Crippen molar-refractivity contribution < 1.29 is 4.57 Å². The predicted octanol–water partition coefficient (Wildman–Crippen LogP) is 4.59. The maximum atomic E-state index is 12.9. The van der Waals surface area contributed by atoms with Gasteiger partial charge in [0.25, 0.3) is 0 Å². The number of nitrogens with one attached hydrogen (secondary N) is 1. The molecule has 0 saturated heterocycles. The van der Waals surface area contributed by atoms with Gasteiger partial charge in [-0.15, -0.1) is 0 Å². The molecule has 2 heterocycles. The Labute approximate surface area is 165 Å². The molecule has 26 heavy (non-hydrogen) atoms. The normalized spacial score (nSPS) is 11.6. The van der Waals surface area contributed by atoms with Crippen molar-refractivity contribution in [2.45, 2.75) is 6.92 Å². The number of hydrogen-bond donors (Lipinski definition) is 1. The molecular formula is C17H18BrClN5OP. The standard InChI is InChI=1S/C17H18BrClN5OP/c1-10-7-14(23-24(10)2)11-5-6-13(15(8-11)26(3,4)25)21-16-12(18)9-20-17(19)22-16/h5-9H,1-4H3,(H,20,21,22). The Morgan fingerprint density at radius 3 is 2.62 bits per heavy atom. The van der Waals surface area contributed by atoms with E-state index in [-0.39, 0.29) is 5.28 Å². The van der Waals surface area contributed by atoms with Gasteiger partial charge in [-0.1, -0.05) is 6.07 Å². The molecule has 0 aliphatic carbocycles. The van der Waals surface area contributed by atoms with Crippen LogP contribution in [0.4, 0.5) is 11.5 Å². The lowest BCUT2D eigenvalue weighted by Crippen LogP contribution is -2.11. The summed E-state index contributed by atoms with van der Waals surface area (Å²) in [5, 5.41) is 8.56. The third kappa shape index (κ3) is 4.00. The molecule has 6 nitrogen and oxygen atoms in total. The molecule has 0 radical (unpaired) electrons. The monoisotopic (exact) mass is 453 g/mol. The highest BCUT2D eigenvalue weighted by Gasteiger charge is 2.19. The van der Waals surface area contributed by atoms with Gasteiger partial charge in [0.05, 0.1) is 15.9 Å². The molecule has 3 aromatic rings. The maximum absolute atomic E-state index is 12.9. The third-order valence-corrected chi connectivity index (χ3v) is 6.25. The Balaban J connectivity index is 2.08. The van der Waals surface area contributed by atoms with E-state index < -0.39 is 7.14 Å². The lowest BCUT2D eigenvalue weighted by atomic mass is 10.1. The summed E-state index contributed by atoms with van der Waals surface area (Å²) in [7, 11) is -0.661. The van der Waals surface area contributed by atoms with E-state index in [1.165, 1.54) is 0 Å². The van der Waals surface area contributed by atoms with Crippen molar-refractivity contribution in [3.63, 3.8) is 0 Å². The van der Waals surface area contributed by atoms with E-state index in [1.54, 1.807) is 19.5 Å². The molecule has 136 valence electrons. The zero-order chi connectivity index (χ0) is 19.1. The Kier molecular flexibility index (Phi) is 5.24. The largest absolute Gasteiger partial charge is 0.339 e. The molecule has 0 bridgehead atoms. The first-order valence-corrected chi connectivity index (χ1v) is 11.6. The lowest BCUT2D eigenvalue weighted by Gasteiger charge is -2.16. The van der Waals surface area contributed by atoms with Gasteiger partial charge in [0.15, 0.2) is 0 Å². The van der Waals surface area contributed by atoms with Crippen LogP contribution < -0.4 is 10.6 Å². The highest BCUT2D eigenvalue weighted by molar-refractivity contribution is 9.10. The number of nitrogens with zero attached hydrogens (tertiary/aromatic N) is 4. The summed E-state index contributed by atoms with van der Waals surface area (Å²) in [4.78, 5) is 8.10. The van der Waals surface area contributed by atoms with Gasteiger partial charge in [-0.2, -0.15) is 10.1 Å². The van der Waals surface area contributed by atoms with Crippen molar-refractivity contribution >= 4 is 51.5 Å². The van der Waals surface area contributed by atoms with Gasteiger partial charge < -0.3 is 9.88 Å². The quantitative estimate of drug-likeness (QED) is 0.461. The van der Waals surface area contributed by atoms with Crippen LogP contribution in [0, 0.1) is 6.92 Å². The first-order chi connectivity index (χ1) is 12.1. The van der Waals surface area contributed by atoms with Gasteiger partial charge >= 0.3 is 0 Å². The van der Waals surface area contributed by atoms with Gasteiger partial charge in [-0.25, -0.2) is 4.98 Å². The molecule has 1 N–H and O–H groups in total. The molecule has 0 spiro atoms. The minimum atomic E-state index is -2.56. The molecule has 0 fully saturated rings. The number of halogens is 2. The van der Waals surface area contributed by atoms with Crippen molar-refractivity contribution in [2.24, 2.45) is 7.05 Å². The Morgan fingerprint density at radius 1 is 1.27 bits per heavy atom. The van der Waals surface area contributed by atoms with Gasteiger partial charge in [-0.3, -0.25) is 4.68 Å². The number of rotatable bonds is 4. The summed E-state index contributed by atoms with van der Waals surface area (Å²) in [5.74, 6) is 0.515. The highest BCUT2D eigenvalue weighted by Crippen LogP contribution is 2.40.